The maximum atomic E-state index is 4.12. The molecule has 16 heavy (non-hydrogen) atoms. The standard InChI is InChI=1S/C10H16N6/c1-15-9-10(8-13-15)2-3-11-4-6-16-7-5-12-14-16/h5,7-9,11H,2-4,6H2,1H3. The molecule has 0 aliphatic carbocycles. The Labute approximate surface area is 94.3 Å². The Hall–Kier alpha value is -1.69. The van der Waals surface area contributed by atoms with Crippen LogP contribution in [0.4, 0.5) is 0 Å². The molecule has 2 rings (SSSR count). The quantitative estimate of drug-likeness (QED) is 0.687. The Morgan fingerprint density at radius 2 is 2.31 bits per heavy atom. The van der Waals surface area contributed by atoms with Gasteiger partial charge in [-0.05, 0) is 18.5 Å². The van der Waals surface area contributed by atoms with Gasteiger partial charge in [0.15, 0.2) is 0 Å². The summed E-state index contributed by atoms with van der Waals surface area (Å²) in [5.74, 6) is 0. The molecular formula is C10H16N6. The van der Waals surface area contributed by atoms with Crippen molar-refractivity contribution < 1.29 is 0 Å². The Bertz CT molecular complexity index is 405. The number of nitrogens with one attached hydrogen (secondary N) is 1. The fourth-order valence-corrected chi connectivity index (χ4v) is 1.50. The van der Waals surface area contributed by atoms with Gasteiger partial charge in [0.25, 0.3) is 0 Å². The highest BCUT2D eigenvalue weighted by Gasteiger charge is 1.96. The number of hydrogen-bond acceptors (Lipinski definition) is 4. The number of aromatic nitrogens is 5. The molecule has 0 aromatic carbocycles. The van der Waals surface area contributed by atoms with Crippen LogP contribution in [0, 0.1) is 0 Å². The molecule has 0 amide bonds. The number of rotatable bonds is 6. The molecule has 0 aliphatic rings. The summed E-state index contributed by atoms with van der Waals surface area (Å²) in [5, 5.41) is 15.1. The van der Waals surface area contributed by atoms with E-state index in [1.165, 1.54) is 5.56 Å². The molecule has 0 radical (unpaired) electrons. The second-order valence-electron chi connectivity index (χ2n) is 3.69. The molecule has 0 aliphatic heterocycles. The minimum absolute atomic E-state index is 0.854. The number of hydrogen-bond donors (Lipinski definition) is 1. The zero-order valence-corrected chi connectivity index (χ0v) is 9.37. The van der Waals surface area contributed by atoms with Crippen LogP contribution in [-0.4, -0.2) is 37.9 Å². The van der Waals surface area contributed by atoms with Crippen LogP contribution < -0.4 is 5.32 Å². The normalized spacial score (nSPS) is 10.8. The van der Waals surface area contributed by atoms with Crippen LogP contribution in [0.15, 0.2) is 24.8 Å². The van der Waals surface area contributed by atoms with Crippen molar-refractivity contribution in [2.75, 3.05) is 13.1 Å². The summed E-state index contributed by atoms with van der Waals surface area (Å²) in [6, 6.07) is 0. The minimum atomic E-state index is 0.854. The molecule has 0 atom stereocenters. The van der Waals surface area contributed by atoms with Crippen LogP contribution >= 0.6 is 0 Å². The topological polar surface area (TPSA) is 60.6 Å². The summed E-state index contributed by atoms with van der Waals surface area (Å²) >= 11 is 0. The van der Waals surface area contributed by atoms with Crippen molar-refractivity contribution in [1.82, 2.24) is 30.1 Å². The van der Waals surface area contributed by atoms with E-state index in [2.05, 4.69) is 20.7 Å². The second-order valence-corrected chi connectivity index (χ2v) is 3.69. The van der Waals surface area contributed by atoms with E-state index in [0.29, 0.717) is 0 Å². The van der Waals surface area contributed by atoms with Gasteiger partial charge in [0.1, 0.15) is 0 Å². The second kappa shape index (κ2) is 5.41. The summed E-state index contributed by atoms with van der Waals surface area (Å²) in [4.78, 5) is 0. The van der Waals surface area contributed by atoms with Crippen molar-refractivity contribution in [3.8, 4) is 0 Å². The molecule has 1 N–H and O–H groups in total. The lowest BCUT2D eigenvalue weighted by molar-refractivity contribution is 0.541. The molecule has 0 bridgehead atoms. The van der Waals surface area contributed by atoms with Gasteiger partial charge in [0, 0.05) is 26.0 Å². The van der Waals surface area contributed by atoms with Gasteiger partial charge >= 0.3 is 0 Å². The van der Waals surface area contributed by atoms with E-state index in [1.54, 1.807) is 6.20 Å². The first-order chi connectivity index (χ1) is 7.84. The SMILES string of the molecule is Cn1cc(CCNCCn2ccnn2)cn1. The van der Waals surface area contributed by atoms with Crippen molar-refractivity contribution in [2.45, 2.75) is 13.0 Å². The monoisotopic (exact) mass is 220 g/mol. The van der Waals surface area contributed by atoms with Crippen LogP contribution in [0.2, 0.25) is 0 Å². The molecule has 86 valence electrons. The summed E-state index contributed by atoms with van der Waals surface area (Å²) in [6.45, 7) is 2.72. The number of nitrogens with zero attached hydrogens (tertiary/aromatic N) is 5. The van der Waals surface area contributed by atoms with E-state index < -0.39 is 0 Å². The zero-order chi connectivity index (χ0) is 11.2. The van der Waals surface area contributed by atoms with E-state index in [1.807, 2.05) is 35.0 Å². The molecule has 0 saturated heterocycles. The Morgan fingerprint density at radius 3 is 3.00 bits per heavy atom. The maximum Gasteiger partial charge on any atom is 0.0692 e. The predicted molar refractivity (Wildman–Crippen MR) is 59.8 cm³/mol. The largest absolute Gasteiger partial charge is 0.315 e. The Balaban J connectivity index is 1.59. The lowest BCUT2D eigenvalue weighted by Crippen LogP contribution is -2.22. The third kappa shape index (κ3) is 3.16. The molecule has 6 nitrogen and oxygen atoms in total. The highest BCUT2D eigenvalue weighted by Crippen LogP contribution is 1.95. The van der Waals surface area contributed by atoms with Crippen LogP contribution in [0.1, 0.15) is 5.56 Å². The van der Waals surface area contributed by atoms with Crippen LogP contribution in [0.3, 0.4) is 0 Å². The summed E-state index contributed by atoms with van der Waals surface area (Å²) < 4.78 is 3.64. The summed E-state index contributed by atoms with van der Waals surface area (Å²) in [6.07, 6.45) is 8.50. The van der Waals surface area contributed by atoms with Crippen LogP contribution in [0.25, 0.3) is 0 Å². The number of aryl methyl sites for hydroxylation is 1. The molecular weight excluding hydrogens is 204 g/mol. The van der Waals surface area contributed by atoms with Gasteiger partial charge in [-0.1, -0.05) is 5.21 Å². The first-order valence-electron chi connectivity index (χ1n) is 5.37. The van der Waals surface area contributed by atoms with Gasteiger partial charge in [0.2, 0.25) is 0 Å². The van der Waals surface area contributed by atoms with Crippen molar-refractivity contribution in [3.63, 3.8) is 0 Å². The van der Waals surface area contributed by atoms with Gasteiger partial charge in [-0.2, -0.15) is 5.10 Å². The van der Waals surface area contributed by atoms with Crippen LogP contribution in [-0.2, 0) is 20.0 Å². The lowest BCUT2D eigenvalue weighted by Gasteiger charge is -2.02. The van der Waals surface area contributed by atoms with Crippen molar-refractivity contribution >= 4 is 0 Å². The van der Waals surface area contributed by atoms with Gasteiger partial charge in [-0.15, -0.1) is 5.10 Å². The van der Waals surface area contributed by atoms with E-state index in [-0.39, 0.29) is 0 Å². The van der Waals surface area contributed by atoms with Crippen molar-refractivity contribution in [1.29, 1.82) is 0 Å². The minimum Gasteiger partial charge on any atom is -0.315 e. The van der Waals surface area contributed by atoms with E-state index in [0.717, 1.165) is 26.1 Å². The van der Waals surface area contributed by atoms with Gasteiger partial charge < -0.3 is 5.32 Å². The molecule has 2 heterocycles. The van der Waals surface area contributed by atoms with E-state index in [9.17, 15) is 0 Å². The highest BCUT2D eigenvalue weighted by atomic mass is 15.4. The molecule has 0 fully saturated rings. The summed E-state index contributed by atoms with van der Waals surface area (Å²) in [5.41, 5.74) is 1.26. The lowest BCUT2D eigenvalue weighted by atomic mass is 10.2. The molecule has 2 aromatic rings. The maximum absolute atomic E-state index is 4.12. The fourth-order valence-electron chi connectivity index (χ4n) is 1.50. The molecule has 0 unspecified atom stereocenters. The first kappa shape index (κ1) is 10.8. The van der Waals surface area contributed by atoms with Crippen LogP contribution in [0.5, 0.6) is 0 Å². The molecule has 2 aromatic heterocycles. The van der Waals surface area contributed by atoms with Gasteiger partial charge in [-0.3, -0.25) is 9.36 Å². The molecule has 0 saturated carbocycles. The van der Waals surface area contributed by atoms with Gasteiger partial charge in [-0.25, -0.2) is 0 Å². The van der Waals surface area contributed by atoms with Crippen molar-refractivity contribution in [3.05, 3.63) is 30.4 Å². The highest BCUT2D eigenvalue weighted by molar-refractivity contribution is 5.03. The third-order valence-electron chi connectivity index (χ3n) is 2.34. The van der Waals surface area contributed by atoms with E-state index >= 15 is 0 Å². The van der Waals surface area contributed by atoms with Gasteiger partial charge in [0.05, 0.1) is 18.9 Å². The fraction of sp³-hybridized carbons (Fsp3) is 0.500. The third-order valence-corrected chi connectivity index (χ3v) is 2.34. The van der Waals surface area contributed by atoms with Crippen molar-refractivity contribution in [2.24, 2.45) is 7.05 Å². The Morgan fingerprint density at radius 1 is 1.38 bits per heavy atom. The average molecular weight is 220 g/mol. The van der Waals surface area contributed by atoms with E-state index in [4.69, 9.17) is 0 Å². The first-order valence-corrected chi connectivity index (χ1v) is 5.37. The Kier molecular flexibility index (Phi) is 3.66. The molecule has 0 spiro atoms. The zero-order valence-electron chi connectivity index (χ0n) is 9.37. The average Bonchev–Trinajstić information content (AvgIpc) is 2.89. The predicted octanol–water partition coefficient (Wildman–Crippen LogP) is -0.156. The smallest absolute Gasteiger partial charge is 0.0692 e. The summed E-state index contributed by atoms with van der Waals surface area (Å²) in [7, 11) is 1.93. The molecule has 6 heteroatoms.